The Morgan fingerprint density at radius 1 is 1.09 bits per heavy atom. The molecule has 0 aliphatic rings. The Bertz CT molecular complexity index is 1450. The zero-order valence-corrected chi connectivity index (χ0v) is 22.5. The van der Waals surface area contributed by atoms with Gasteiger partial charge in [-0.1, -0.05) is 56.3 Å². The summed E-state index contributed by atoms with van der Waals surface area (Å²) in [5.74, 6) is 0.0402. The Morgan fingerprint density at radius 2 is 1.86 bits per heavy atom. The van der Waals surface area contributed by atoms with Crippen molar-refractivity contribution in [2.24, 2.45) is 0 Å². The van der Waals surface area contributed by atoms with Crippen LogP contribution in [0.5, 0.6) is 0 Å². The molecule has 4 aromatic rings. The molecule has 7 heteroatoms. The van der Waals surface area contributed by atoms with Crippen LogP contribution in [0.3, 0.4) is 0 Å². The van der Waals surface area contributed by atoms with Crippen molar-refractivity contribution >= 4 is 44.9 Å². The number of anilines is 1. The molecule has 0 bridgehead atoms. The van der Waals surface area contributed by atoms with Crippen LogP contribution in [0.2, 0.25) is 0 Å². The van der Waals surface area contributed by atoms with Crippen LogP contribution in [0.25, 0.3) is 15.9 Å². The number of thioether (sulfide) groups is 1. The smallest absolute Gasteiger partial charge is 0.267 e. The largest absolute Gasteiger partial charge is 0.325 e. The number of aryl methyl sites for hydroxylation is 5. The molecule has 5 nitrogen and oxygen atoms in total. The van der Waals surface area contributed by atoms with Gasteiger partial charge in [0.15, 0.2) is 5.16 Å². The molecule has 0 aliphatic carbocycles. The van der Waals surface area contributed by atoms with Crippen molar-refractivity contribution in [2.45, 2.75) is 59.0 Å². The minimum Gasteiger partial charge on any atom is -0.325 e. The first-order valence-electron chi connectivity index (χ1n) is 12.0. The first-order chi connectivity index (χ1) is 16.8. The molecule has 2 heterocycles. The Morgan fingerprint density at radius 3 is 2.57 bits per heavy atom. The average molecular weight is 506 g/mol. The molecule has 1 N–H and O–H groups in total. The summed E-state index contributed by atoms with van der Waals surface area (Å²) in [4.78, 5) is 33.5. The fourth-order valence-corrected chi connectivity index (χ4v) is 6.26. The van der Waals surface area contributed by atoms with Crippen LogP contribution >= 0.6 is 23.1 Å². The summed E-state index contributed by atoms with van der Waals surface area (Å²) in [5.41, 5.74) is 5.91. The average Bonchev–Trinajstić information content (AvgIpc) is 3.15. The predicted molar refractivity (Wildman–Crippen MR) is 149 cm³/mol. The molecule has 0 saturated heterocycles. The Hall–Kier alpha value is -2.90. The van der Waals surface area contributed by atoms with E-state index in [4.69, 9.17) is 4.98 Å². The SMILES string of the molecule is CCCc1sc2nc(SCC(=O)Nc3ccccc3CC)n(-c3ccc(C)c(C)c3)c(=O)c2c1C. The molecular weight excluding hydrogens is 474 g/mol. The van der Waals surface area contributed by atoms with Gasteiger partial charge in [0.25, 0.3) is 5.56 Å². The maximum absolute atomic E-state index is 13.8. The summed E-state index contributed by atoms with van der Waals surface area (Å²) in [5, 5.41) is 4.24. The third-order valence-corrected chi connectivity index (χ3v) is 8.45. The van der Waals surface area contributed by atoms with Crippen LogP contribution < -0.4 is 10.9 Å². The molecule has 0 spiro atoms. The fraction of sp³-hybridized carbons (Fsp3) is 0.321. The summed E-state index contributed by atoms with van der Waals surface area (Å²) in [7, 11) is 0. The van der Waals surface area contributed by atoms with Gasteiger partial charge in [0.05, 0.1) is 16.8 Å². The van der Waals surface area contributed by atoms with Crippen molar-refractivity contribution in [3.63, 3.8) is 0 Å². The van der Waals surface area contributed by atoms with Gasteiger partial charge >= 0.3 is 0 Å². The third kappa shape index (κ3) is 5.21. The number of carbonyl (C=O) groups is 1. The van der Waals surface area contributed by atoms with Gasteiger partial charge in [-0.05, 0) is 74.1 Å². The van der Waals surface area contributed by atoms with Crippen molar-refractivity contribution in [1.82, 2.24) is 9.55 Å². The maximum Gasteiger partial charge on any atom is 0.267 e. The van der Waals surface area contributed by atoms with Gasteiger partial charge in [0.1, 0.15) is 4.83 Å². The molecule has 0 unspecified atom stereocenters. The fourth-order valence-electron chi connectivity index (χ4n) is 4.13. The Kier molecular flexibility index (Phi) is 7.77. The monoisotopic (exact) mass is 505 g/mol. The molecule has 0 atom stereocenters. The summed E-state index contributed by atoms with van der Waals surface area (Å²) in [6.07, 6.45) is 2.78. The number of fused-ring (bicyclic) bond motifs is 1. The van der Waals surface area contributed by atoms with Crippen molar-refractivity contribution in [1.29, 1.82) is 0 Å². The maximum atomic E-state index is 13.8. The number of hydrogen-bond acceptors (Lipinski definition) is 5. The molecule has 1 amide bonds. The number of thiophene rings is 1. The second-order valence-electron chi connectivity index (χ2n) is 8.73. The first-order valence-corrected chi connectivity index (χ1v) is 13.8. The van der Waals surface area contributed by atoms with Crippen molar-refractivity contribution in [3.05, 3.63) is 79.9 Å². The zero-order valence-electron chi connectivity index (χ0n) is 20.9. The van der Waals surface area contributed by atoms with E-state index in [9.17, 15) is 9.59 Å². The second-order valence-corrected chi connectivity index (χ2v) is 10.8. The van der Waals surface area contributed by atoms with Gasteiger partial charge in [-0.25, -0.2) is 4.98 Å². The topological polar surface area (TPSA) is 64.0 Å². The van der Waals surface area contributed by atoms with Crippen LogP contribution in [0.4, 0.5) is 5.69 Å². The van der Waals surface area contributed by atoms with E-state index in [0.29, 0.717) is 10.5 Å². The normalized spacial score (nSPS) is 11.2. The third-order valence-electron chi connectivity index (χ3n) is 6.26. The highest BCUT2D eigenvalue weighted by atomic mass is 32.2. The van der Waals surface area contributed by atoms with Crippen LogP contribution in [0.15, 0.2) is 52.4 Å². The van der Waals surface area contributed by atoms with Crippen LogP contribution in [0, 0.1) is 20.8 Å². The highest BCUT2D eigenvalue weighted by molar-refractivity contribution is 7.99. The molecule has 0 aliphatic heterocycles. The Labute approximate surface area is 214 Å². The summed E-state index contributed by atoms with van der Waals surface area (Å²) >= 11 is 2.89. The highest BCUT2D eigenvalue weighted by Gasteiger charge is 2.20. The van der Waals surface area contributed by atoms with Crippen molar-refractivity contribution < 1.29 is 4.79 Å². The lowest BCUT2D eigenvalue weighted by atomic mass is 10.1. The van der Waals surface area contributed by atoms with E-state index < -0.39 is 0 Å². The van der Waals surface area contributed by atoms with Gasteiger partial charge in [-0.2, -0.15) is 0 Å². The quantitative estimate of drug-likeness (QED) is 0.216. The van der Waals surface area contributed by atoms with E-state index in [2.05, 4.69) is 26.1 Å². The number of nitrogens with one attached hydrogen (secondary N) is 1. The lowest BCUT2D eigenvalue weighted by Crippen LogP contribution is -2.23. The second kappa shape index (κ2) is 10.8. The predicted octanol–water partition coefficient (Wildman–Crippen LogP) is 6.62. The summed E-state index contributed by atoms with van der Waals surface area (Å²) in [6, 6.07) is 13.8. The molecule has 0 radical (unpaired) electrons. The molecule has 0 fully saturated rings. The summed E-state index contributed by atoms with van der Waals surface area (Å²) in [6.45, 7) is 10.3. The number of para-hydroxylation sites is 1. The molecule has 2 aromatic carbocycles. The van der Waals surface area contributed by atoms with Crippen LogP contribution in [-0.4, -0.2) is 21.2 Å². The van der Waals surface area contributed by atoms with Crippen LogP contribution in [0.1, 0.15) is 47.4 Å². The van der Waals surface area contributed by atoms with Crippen molar-refractivity contribution in [3.8, 4) is 5.69 Å². The zero-order chi connectivity index (χ0) is 25.1. The van der Waals surface area contributed by atoms with Gasteiger partial charge in [-0.15, -0.1) is 11.3 Å². The number of rotatable bonds is 8. The standard InChI is InChI=1S/C28H31N3O2S2/c1-6-10-23-19(5)25-26(35-23)30-28(31(27(25)33)21-14-13-17(3)18(4)15-21)34-16-24(32)29-22-12-9-8-11-20(22)7-2/h8-9,11-15H,6-7,10,16H2,1-5H3,(H,29,32). The number of hydrogen-bond donors (Lipinski definition) is 1. The number of aromatic nitrogens is 2. The Balaban J connectivity index is 1.74. The lowest BCUT2D eigenvalue weighted by Gasteiger charge is -2.14. The van der Waals surface area contributed by atoms with E-state index in [1.165, 1.54) is 16.6 Å². The van der Waals surface area contributed by atoms with Crippen molar-refractivity contribution in [2.75, 3.05) is 11.1 Å². The lowest BCUT2D eigenvalue weighted by molar-refractivity contribution is -0.113. The summed E-state index contributed by atoms with van der Waals surface area (Å²) < 4.78 is 1.67. The number of amides is 1. The van der Waals surface area contributed by atoms with E-state index >= 15 is 0 Å². The van der Waals surface area contributed by atoms with Gasteiger partial charge in [0, 0.05) is 10.6 Å². The molecule has 4 rings (SSSR count). The van der Waals surface area contributed by atoms with Gasteiger partial charge in [0.2, 0.25) is 5.91 Å². The van der Waals surface area contributed by atoms with Crippen LogP contribution in [-0.2, 0) is 17.6 Å². The number of nitrogens with zero attached hydrogens (tertiary/aromatic N) is 2. The minimum atomic E-state index is -0.120. The number of benzene rings is 2. The number of carbonyl (C=O) groups excluding carboxylic acids is 1. The molecule has 0 saturated carbocycles. The molecule has 182 valence electrons. The highest BCUT2D eigenvalue weighted by Crippen LogP contribution is 2.31. The minimum absolute atomic E-state index is 0.0754. The van der Waals surface area contributed by atoms with E-state index in [1.54, 1.807) is 15.9 Å². The van der Waals surface area contributed by atoms with Gasteiger partial charge in [-0.3, -0.25) is 14.2 Å². The van der Waals surface area contributed by atoms with E-state index in [-0.39, 0.29) is 17.2 Å². The molecular formula is C28H31N3O2S2. The van der Waals surface area contributed by atoms with E-state index in [0.717, 1.165) is 57.7 Å². The molecule has 35 heavy (non-hydrogen) atoms. The van der Waals surface area contributed by atoms with Gasteiger partial charge < -0.3 is 5.32 Å². The molecule has 2 aromatic heterocycles. The first kappa shape index (κ1) is 25.2. The van der Waals surface area contributed by atoms with E-state index in [1.807, 2.05) is 56.3 Å².